The minimum atomic E-state index is 0.498. The topological polar surface area (TPSA) is 0 Å². The van der Waals surface area contributed by atoms with Gasteiger partial charge in [0.2, 0.25) is 0 Å². The van der Waals surface area contributed by atoms with Gasteiger partial charge in [-0.2, -0.15) is 0 Å². The van der Waals surface area contributed by atoms with Crippen LogP contribution in [0.5, 0.6) is 0 Å². The molecular weight excluding hydrogens is 721 g/mol. The Hall–Kier alpha value is -6.24. The van der Waals surface area contributed by atoms with Gasteiger partial charge in [0, 0.05) is 0 Å². The number of hydrogen-bond donors (Lipinski definition) is 0. The minimum Gasteiger partial charge on any atom is -0.0622 e. The van der Waals surface area contributed by atoms with Crippen LogP contribution < -0.4 is 0 Å². The average molecular weight is 781 g/mol. The van der Waals surface area contributed by atoms with Gasteiger partial charge in [-0.25, -0.2) is 0 Å². The second kappa shape index (κ2) is 23.4. The predicted molar refractivity (Wildman–Crippen MR) is 255 cm³/mol. The van der Waals surface area contributed by atoms with Gasteiger partial charge in [0.1, 0.15) is 0 Å². The summed E-state index contributed by atoms with van der Waals surface area (Å²) < 4.78 is 0. The van der Waals surface area contributed by atoms with E-state index >= 15 is 0 Å². The van der Waals surface area contributed by atoms with Gasteiger partial charge >= 0.3 is 0 Å². The molecule has 0 heteroatoms. The monoisotopic (exact) mass is 780 g/mol. The molecule has 8 aromatic carbocycles. The van der Waals surface area contributed by atoms with Crippen LogP contribution in [-0.2, 0) is 38.5 Å². The average Bonchev–Trinajstić information content (AvgIpc) is 3.33. The standard InChI is InChI=1S/2C30H30/c2*1-5-13-25(14-6-1)21-22-29(23-26-15-7-2-8-16-26)30(28-19-11-4-12-20-28)24-27-17-9-3-10-18-27/h2*1-20,29-30H,21-24H2/t2*29-,30+/m10/s1. The third-order valence-electron chi connectivity index (χ3n) is 12.2. The molecule has 0 saturated heterocycles. The predicted octanol–water partition coefficient (Wildman–Crippen LogP) is 15.0. The fourth-order valence-electron chi connectivity index (χ4n) is 8.97. The Bertz CT molecular complexity index is 2120. The smallest absolute Gasteiger partial charge is 0.00899 e. The summed E-state index contributed by atoms with van der Waals surface area (Å²) in [5, 5.41) is 0. The van der Waals surface area contributed by atoms with Crippen molar-refractivity contribution in [3.05, 3.63) is 287 Å². The van der Waals surface area contributed by atoms with Crippen LogP contribution in [0, 0.1) is 11.8 Å². The van der Waals surface area contributed by atoms with E-state index in [1.165, 1.54) is 57.3 Å². The third kappa shape index (κ3) is 13.4. The Kier molecular flexibility index (Phi) is 16.3. The molecule has 60 heavy (non-hydrogen) atoms. The van der Waals surface area contributed by atoms with E-state index in [1.807, 2.05) is 0 Å². The van der Waals surface area contributed by atoms with Crippen molar-refractivity contribution in [3.8, 4) is 0 Å². The van der Waals surface area contributed by atoms with Crippen molar-refractivity contribution in [3.63, 3.8) is 0 Å². The quantitative estimate of drug-likeness (QED) is 0.0813. The van der Waals surface area contributed by atoms with Crippen LogP contribution >= 0.6 is 0 Å². The van der Waals surface area contributed by atoms with E-state index in [0.717, 1.165) is 38.5 Å². The summed E-state index contributed by atoms with van der Waals surface area (Å²) in [5.74, 6) is 2.15. The molecule has 0 bridgehead atoms. The van der Waals surface area contributed by atoms with E-state index in [4.69, 9.17) is 0 Å². The fraction of sp³-hybridized carbons (Fsp3) is 0.200. The zero-order valence-electron chi connectivity index (χ0n) is 35.1. The number of aryl methyl sites for hydroxylation is 2. The molecular formula is C60H60. The van der Waals surface area contributed by atoms with Gasteiger partial charge in [-0.05, 0) is 120 Å². The first-order valence-electron chi connectivity index (χ1n) is 22.1. The van der Waals surface area contributed by atoms with Crippen molar-refractivity contribution in [1.29, 1.82) is 0 Å². The first kappa shape index (κ1) is 41.9. The van der Waals surface area contributed by atoms with Gasteiger partial charge in [0.15, 0.2) is 0 Å². The molecule has 0 amide bonds. The summed E-state index contributed by atoms with van der Waals surface area (Å²) >= 11 is 0. The zero-order valence-corrected chi connectivity index (χ0v) is 35.1. The van der Waals surface area contributed by atoms with Gasteiger partial charge < -0.3 is 0 Å². The lowest BCUT2D eigenvalue weighted by Gasteiger charge is -2.28. The van der Waals surface area contributed by atoms with E-state index in [-0.39, 0.29) is 0 Å². The van der Waals surface area contributed by atoms with Crippen molar-refractivity contribution >= 4 is 0 Å². The maximum absolute atomic E-state index is 2.31. The largest absolute Gasteiger partial charge is 0.0622 e. The van der Waals surface area contributed by atoms with Crippen LogP contribution in [0.1, 0.15) is 69.2 Å². The van der Waals surface area contributed by atoms with Crippen molar-refractivity contribution in [2.75, 3.05) is 0 Å². The first-order valence-corrected chi connectivity index (χ1v) is 22.1. The molecule has 0 nitrogen and oxygen atoms in total. The van der Waals surface area contributed by atoms with Crippen LogP contribution in [0.25, 0.3) is 0 Å². The van der Waals surface area contributed by atoms with Crippen molar-refractivity contribution in [1.82, 2.24) is 0 Å². The lowest BCUT2D eigenvalue weighted by atomic mass is 9.76. The number of hydrogen-bond acceptors (Lipinski definition) is 0. The molecule has 0 unspecified atom stereocenters. The maximum Gasteiger partial charge on any atom is -0.00899 e. The highest BCUT2D eigenvalue weighted by atomic mass is 14.3. The maximum atomic E-state index is 2.31. The first-order chi connectivity index (χ1) is 29.8. The third-order valence-corrected chi connectivity index (χ3v) is 12.2. The molecule has 0 aliphatic rings. The van der Waals surface area contributed by atoms with Crippen LogP contribution in [-0.4, -0.2) is 0 Å². The van der Waals surface area contributed by atoms with Gasteiger partial charge in [-0.3, -0.25) is 0 Å². The highest BCUT2D eigenvalue weighted by molar-refractivity contribution is 5.29. The molecule has 0 spiro atoms. The Morgan fingerprint density at radius 3 is 0.700 bits per heavy atom. The van der Waals surface area contributed by atoms with E-state index in [9.17, 15) is 0 Å². The van der Waals surface area contributed by atoms with Crippen molar-refractivity contribution < 1.29 is 0 Å². The summed E-state index contributed by atoms with van der Waals surface area (Å²) in [6.45, 7) is 0. The van der Waals surface area contributed by atoms with Crippen LogP contribution in [0.3, 0.4) is 0 Å². The minimum absolute atomic E-state index is 0.498. The molecule has 0 radical (unpaired) electrons. The molecule has 0 aliphatic heterocycles. The SMILES string of the molecule is c1ccc(CC[C@@H](Cc2ccccc2)[C@H](Cc2ccccc2)c2ccccc2)cc1.c1ccc(CC[C@H](Cc2ccccc2)[C@@H](Cc2ccccc2)c2ccccc2)cc1. The van der Waals surface area contributed by atoms with E-state index < -0.39 is 0 Å². The van der Waals surface area contributed by atoms with Crippen LogP contribution in [0.15, 0.2) is 243 Å². The van der Waals surface area contributed by atoms with Crippen molar-refractivity contribution in [2.24, 2.45) is 11.8 Å². The molecule has 0 saturated carbocycles. The molecule has 8 rings (SSSR count). The summed E-state index contributed by atoms with van der Waals surface area (Å²) in [7, 11) is 0. The van der Waals surface area contributed by atoms with Crippen LogP contribution in [0.2, 0.25) is 0 Å². The van der Waals surface area contributed by atoms with Gasteiger partial charge in [-0.15, -0.1) is 0 Å². The highest BCUT2D eigenvalue weighted by Crippen LogP contribution is 2.36. The van der Waals surface area contributed by atoms with Crippen molar-refractivity contribution in [2.45, 2.75) is 63.2 Å². The van der Waals surface area contributed by atoms with E-state index in [2.05, 4.69) is 243 Å². The molecule has 0 aromatic heterocycles. The zero-order chi connectivity index (χ0) is 40.9. The Morgan fingerprint density at radius 2 is 0.433 bits per heavy atom. The lowest BCUT2D eigenvalue weighted by molar-refractivity contribution is 0.389. The summed E-state index contributed by atoms with van der Waals surface area (Å²) in [6.07, 6.45) is 9.00. The summed E-state index contributed by atoms with van der Waals surface area (Å²) in [4.78, 5) is 0. The Balaban J connectivity index is 0.000000181. The molecule has 0 aliphatic carbocycles. The molecule has 0 fully saturated rings. The normalized spacial score (nSPS) is 12.9. The molecule has 0 N–H and O–H groups in total. The van der Waals surface area contributed by atoms with Gasteiger partial charge in [-0.1, -0.05) is 243 Å². The van der Waals surface area contributed by atoms with E-state index in [1.54, 1.807) is 0 Å². The molecule has 4 atom stereocenters. The number of rotatable bonds is 18. The molecule has 0 heterocycles. The van der Waals surface area contributed by atoms with Gasteiger partial charge in [0.25, 0.3) is 0 Å². The molecule has 300 valence electrons. The summed E-state index contributed by atoms with van der Waals surface area (Å²) in [6, 6.07) is 88.0. The van der Waals surface area contributed by atoms with E-state index in [0.29, 0.717) is 23.7 Å². The van der Waals surface area contributed by atoms with Gasteiger partial charge in [0.05, 0.1) is 0 Å². The molecule has 8 aromatic rings. The lowest BCUT2D eigenvalue weighted by Crippen LogP contribution is -2.19. The Labute approximate surface area is 360 Å². The highest BCUT2D eigenvalue weighted by Gasteiger charge is 2.25. The fourth-order valence-corrected chi connectivity index (χ4v) is 8.97. The summed E-state index contributed by atoms with van der Waals surface area (Å²) in [5.41, 5.74) is 11.5. The number of benzene rings is 8. The van der Waals surface area contributed by atoms with Crippen LogP contribution in [0.4, 0.5) is 0 Å². The second-order valence-electron chi connectivity index (χ2n) is 16.4. The Morgan fingerprint density at radius 1 is 0.217 bits per heavy atom. The second-order valence-corrected chi connectivity index (χ2v) is 16.4.